The minimum atomic E-state index is -0.577. The molecule has 1 fully saturated rings. The van der Waals surface area contributed by atoms with Crippen molar-refractivity contribution in [2.45, 2.75) is 26.8 Å². The van der Waals surface area contributed by atoms with Gasteiger partial charge >= 0.3 is 5.97 Å². The Morgan fingerprint density at radius 2 is 2.19 bits per heavy atom. The van der Waals surface area contributed by atoms with Crippen LogP contribution < -0.4 is 5.32 Å². The zero-order valence-corrected chi connectivity index (χ0v) is 12.7. The highest BCUT2D eigenvalue weighted by Crippen LogP contribution is 2.14. The van der Waals surface area contributed by atoms with Gasteiger partial charge in [-0.2, -0.15) is 0 Å². The van der Waals surface area contributed by atoms with Crippen molar-refractivity contribution in [2.24, 2.45) is 0 Å². The number of nitrogens with zero attached hydrogens (tertiary/aromatic N) is 2. The molecular weight excluding hydrogens is 270 g/mol. The van der Waals surface area contributed by atoms with Gasteiger partial charge in [-0.3, -0.25) is 9.78 Å². The van der Waals surface area contributed by atoms with E-state index in [1.807, 2.05) is 19.9 Å². The number of amides is 1. The quantitative estimate of drug-likeness (QED) is 0.829. The third-order valence-corrected chi connectivity index (χ3v) is 3.52. The molecule has 1 amide bonds. The standard InChI is InChI=1S/C15H21N3O3/c1-4-21-15(20)13-9-16-7-8-18(13)14(19)12-6-5-10(2)17-11(12)3/h5-6,13,16H,4,7-9H2,1-3H3. The van der Waals surface area contributed by atoms with E-state index in [9.17, 15) is 9.59 Å². The normalized spacial score (nSPS) is 18.4. The first-order valence-electron chi connectivity index (χ1n) is 7.17. The van der Waals surface area contributed by atoms with Crippen LogP contribution in [-0.4, -0.2) is 54.0 Å². The first-order chi connectivity index (χ1) is 10.0. The van der Waals surface area contributed by atoms with Crippen LogP contribution in [0.3, 0.4) is 0 Å². The van der Waals surface area contributed by atoms with Crippen molar-refractivity contribution in [1.82, 2.24) is 15.2 Å². The lowest BCUT2D eigenvalue weighted by Crippen LogP contribution is -2.57. The molecule has 0 aliphatic carbocycles. The lowest BCUT2D eigenvalue weighted by atomic mass is 10.1. The van der Waals surface area contributed by atoms with Crippen molar-refractivity contribution < 1.29 is 14.3 Å². The van der Waals surface area contributed by atoms with Gasteiger partial charge in [0.2, 0.25) is 0 Å². The molecule has 1 aliphatic heterocycles. The fourth-order valence-corrected chi connectivity index (χ4v) is 2.46. The van der Waals surface area contributed by atoms with Gasteiger partial charge < -0.3 is 15.0 Å². The Morgan fingerprint density at radius 1 is 1.43 bits per heavy atom. The van der Waals surface area contributed by atoms with Crippen LogP contribution in [-0.2, 0) is 9.53 Å². The molecule has 21 heavy (non-hydrogen) atoms. The number of nitrogens with one attached hydrogen (secondary N) is 1. The summed E-state index contributed by atoms with van der Waals surface area (Å²) in [6.45, 7) is 7.32. The summed E-state index contributed by atoms with van der Waals surface area (Å²) in [5, 5.41) is 3.12. The van der Waals surface area contributed by atoms with Gasteiger partial charge in [0.1, 0.15) is 6.04 Å². The van der Waals surface area contributed by atoms with Crippen LogP contribution in [0.15, 0.2) is 12.1 Å². The zero-order chi connectivity index (χ0) is 15.4. The van der Waals surface area contributed by atoms with E-state index in [1.54, 1.807) is 17.9 Å². The van der Waals surface area contributed by atoms with Crippen molar-refractivity contribution in [3.63, 3.8) is 0 Å². The van der Waals surface area contributed by atoms with Crippen LogP contribution in [0.25, 0.3) is 0 Å². The van der Waals surface area contributed by atoms with E-state index in [2.05, 4.69) is 10.3 Å². The monoisotopic (exact) mass is 291 g/mol. The highest BCUT2D eigenvalue weighted by molar-refractivity contribution is 5.97. The van der Waals surface area contributed by atoms with Crippen molar-refractivity contribution >= 4 is 11.9 Å². The van der Waals surface area contributed by atoms with Gasteiger partial charge in [0, 0.05) is 25.3 Å². The molecule has 6 nitrogen and oxygen atoms in total. The Hall–Kier alpha value is -1.95. The van der Waals surface area contributed by atoms with Crippen LogP contribution in [0.2, 0.25) is 0 Å². The predicted octanol–water partition coefficient (Wildman–Crippen LogP) is 0.676. The second-order valence-corrected chi connectivity index (χ2v) is 5.06. The third kappa shape index (κ3) is 3.39. The molecule has 1 aromatic rings. The topological polar surface area (TPSA) is 71.5 Å². The Bertz CT molecular complexity index is 545. The van der Waals surface area contributed by atoms with Crippen LogP contribution in [0.1, 0.15) is 28.7 Å². The average Bonchev–Trinajstić information content (AvgIpc) is 2.47. The molecule has 1 atom stereocenters. The van der Waals surface area contributed by atoms with E-state index >= 15 is 0 Å². The molecule has 2 heterocycles. The van der Waals surface area contributed by atoms with E-state index in [4.69, 9.17) is 4.74 Å². The summed E-state index contributed by atoms with van der Waals surface area (Å²) in [5.41, 5.74) is 2.09. The maximum absolute atomic E-state index is 12.7. The summed E-state index contributed by atoms with van der Waals surface area (Å²) < 4.78 is 5.06. The molecule has 0 spiro atoms. The number of aromatic nitrogens is 1. The molecule has 1 saturated heterocycles. The molecule has 2 rings (SSSR count). The lowest BCUT2D eigenvalue weighted by Gasteiger charge is -2.34. The first kappa shape index (κ1) is 15.4. The molecule has 0 aromatic carbocycles. The predicted molar refractivity (Wildman–Crippen MR) is 78.0 cm³/mol. The van der Waals surface area contributed by atoms with E-state index < -0.39 is 6.04 Å². The number of aryl methyl sites for hydroxylation is 2. The maximum Gasteiger partial charge on any atom is 0.330 e. The summed E-state index contributed by atoms with van der Waals surface area (Å²) in [7, 11) is 0. The molecule has 1 N–H and O–H groups in total. The summed E-state index contributed by atoms with van der Waals surface area (Å²) >= 11 is 0. The van der Waals surface area contributed by atoms with Gasteiger partial charge in [0.05, 0.1) is 17.9 Å². The fourth-order valence-electron chi connectivity index (χ4n) is 2.46. The second-order valence-electron chi connectivity index (χ2n) is 5.06. The third-order valence-electron chi connectivity index (χ3n) is 3.52. The Kier molecular flexibility index (Phi) is 4.90. The van der Waals surface area contributed by atoms with Gasteiger partial charge in [-0.05, 0) is 32.9 Å². The molecule has 0 saturated carbocycles. The molecule has 6 heteroatoms. The highest BCUT2D eigenvalue weighted by Gasteiger charge is 2.34. The molecule has 1 aromatic heterocycles. The molecular formula is C15H21N3O3. The van der Waals surface area contributed by atoms with Crippen LogP contribution in [0.4, 0.5) is 0 Å². The van der Waals surface area contributed by atoms with Gasteiger partial charge in [-0.1, -0.05) is 0 Å². The Morgan fingerprint density at radius 3 is 2.86 bits per heavy atom. The molecule has 0 bridgehead atoms. The Balaban J connectivity index is 2.24. The van der Waals surface area contributed by atoms with Crippen LogP contribution in [0.5, 0.6) is 0 Å². The van der Waals surface area contributed by atoms with Gasteiger partial charge in [-0.15, -0.1) is 0 Å². The number of esters is 1. The molecule has 1 unspecified atom stereocenters. The summed E-state index contributed by atoms with van der Waals surface area (Å²) in [6, 6.07) is 3.00. The van der Waals surface area contributed by atoms with E-state index in [-0.39, 0.29) is 11.9 Å². The number of piperazine rings is 1. The average molecular weight is 291 g/mol. The van der Waals surface area contributed by atoms with Crippen molar-refractivity contribution in [2.75, 3.05) is 26.2 Å². The van der Waals surface area contributed by atoms with Gasteiger partial charge in [0.15, 0.2) is 0 Å². The maximum atomic E-state index is 12.7. The Labute approximate surface area is 124 Å². The number of hydrogen-bond donors (Lipinski definition) is 1. The minimum Gasteiger partial charge on any atom is -0.464 e. The van der Waals surface area contributed by atoms with Crippen molar-refractivity contribution in [3.8, 4) is 0 Å². The van der Waals surface area contributed by atoms with Gasteiger partial charge in [0.25, 0.3) is 5.91 Å². The lowest BCUT2D eigenvalue weighted by molar-refractivity contribution is -0.149. The van der Waals surface area contributed by atoms with E-state index in [0.29, 0.717) is 37.5 Å². The van der Waals surface area contributed by atoms with Crippen molar-refractivity contribution in [1.29, 1.82) is 0 Å². The number of carbonyl (C=O) groups is 2. The molecule has 1 aliphatic rings. The zero-order valence-electron chi connectivity index (χ0n) is 12.7. The van der Waals surface area contributed by atoms with Crippen molar-refractivity contribution in [3.05, 3.63) is 29.1 Å². The highest BCUT2D eigenvalue weighted by atomic mass is 16.5. The first-order valence-corrected chi connectivity index (χ1v) is 7.17. The molecule has 0 radical (unpaired) electrons. The number of carbonyl (C=O) groups excluding carboxylic acids is 2. The smallest absolute Gasteiger partial charge is 0.330 e. The molecule has 114 valence electrons. The summed E-state index contributed by atoms with van der Waals surface area (Å²) in [6.07, 6.45) is 0. The number of hydrogen-bond acceptors (Lipinski definition) is 5. The fraction of sp³-hybridized carbons (Fsp3) is 0.533. The largest absolute Gasteiger partial charge is 0.464 e. The minimum absolute atomic E-state index is 0.167. The van der Waals surface area contributed by atoms with Crippen LogP contribution in [0, 0.1) is 13.8 Å². The summed E-state index contributed by atoms with van der Waals surface area (Å²) in [5.74, 6) is -0.532. The second kappa shape index (κ2) is 6.67. The SMILES string of the molecule is CCOC(=O)C1CNCCN1C(=O)c1ccc(C)nc1C. The summed E-state index contributed by atoms with van der Waals surface area (Å²) in [4.78, 5) is 30.6. The van der Waals surface area contributed by atoms with Gasteiger partial charge in [-0.25, -0.2) is 4.79 Å². The van der Waals surface area contributed by atoms with Crippen LogP contribution >= 0.6 is 0 Å². The van der Waals surface area contributed by atoms with E-state index in [1.165, 1.54) is 0 Å². The number of rotatable bonds is 3. The number of ether oxygens (including phenoxy) is 1. The number of pyridine rings is 1. The van der Waals surface area contributed by atoms with E-state index in [0.717, 1.165) is 5.69 Å².